The normalized spacial score (nSPS) is 10.7. The van der Waals surface area contributed by atoms with Gasteiger partial charge in [0.15, 0.2) is 5.65 Å². The second-order valence-corrected chi connectivity index (χ2v) is 4.91. The first-order chi connectivity index (χ1) is 11.1. The van der Waals surface area contributed by atoms with Crippen LogP contribution in [-0.2, 0) is 4.74 Å². The number of methoxy groups -OCH3 is 1. The second kappa shape index (κ2) is 6.21. The van der Waals surface area contributed by atoms with E-state index in [0.717, 1.165) is 0 Å². The quantitative estimate of drug-likeness (QED) is 0.540. The Balaban J connectivity index is 2.08. The molecular formula is C15H13ClN4O3. The van der Waals surface area contributed by atoms with Gasteiger partial charge in [0.05, 0.1) is 19.4 Å². The smallest absolute Gasteiger partial charge is 0.342 e. The van der Waals surface area contributed by atoms with Gasteiger partial charge in [-0.2, -0.15) is 5.10 Å². The summed E-state index contributed by atoms with van der Waals surface area (Å²) in [6, 6.07) is 7.07. The van der Waals surface area contributed by atoms with Crippen molar-refractivity contribution in [3.63, 3.8) is 0 Å². The molecular weight excluding hydrogens is 320 g/mol. The lowest BCUT2D eigenvalue weighted by atomic mass is 10.3. The van der Waals surface area contributed by atoms with E-state index in [9.17, 15) is 4.79 Å². The zero-order chi connectivity index (χ0) is 16.4. The Bertz CT molecular complexity index is 878. The molecule has 3 heterocycles. The fourth-order valence-corrected chi connectivity index (χ4v) is 2.30. The van der Waals surface area contributed by atoms with Crippen LogP contribution in [0.3, 0.4) is 0 Å². The molecule has 0 amide bonds. The topological polar surface area (TPSA) is 78.6 Å². The summed E-state index contributed by atoms with van der Waals surface area (Å²) in [5, 5.41) is 4.50. The van der Waals surface area contributed by atoms with Gasteiger partial charge >= 0.3 is 5.97 Å². The van der Waals surface area contributed by atoms with Crippen LogP contribution in [0.5, 0.6) is 5.88 Å². The minimum atomic E-state index is -0.538. The summed E-state index contributed by atoms with van der Waals surface area (Å²) in [5.74, 6) is -0.0609. The summed E-state index contributed by atoms with van der Waals surface area (Å²) in [4.78, 5) is 20.4. The molecule has 0 aliphatic carbocycles. The highest BCUT2D eigenvalue weighted by Gasteiger charge is 2.17. The maximum atomic E-state index is 11.9. The minimum Gasteiger partial charge on any atom is -0.481 e. The lowest BCUT2D eigenvalue weighted by molar-refractivity contribution is 0.0525. The first-order valence-electron chi connectivity index (χ1n) is 6.87. The Morgan fingerprint density at radius 3 is 2.91 bits per heavy atom. The lowest BCUT2D eigenvalue weighted by Crippen LogP contribution is -2.09. The van der Waals surface area contributed by atoms with Gasteiger partial charge in [0.25, 0.3) is 0 Å². The third-order valence-electron chi connectivity index (χ3n) is 3.12. The Labute approximate surface area is 136 Å². The van der Waals surface area contributed by atoms with Gasteiger partial charge in [0.2, 0.25) is 5.88 Å². The molecule has 0 spiro atoms. The molecule has 3 rings (SSSR count). The predicted octanol–water partition coefficient (Wildman–Crippen LogP) is 2.63. The molecule has 0 atom stereocenters. The summed E-state index contributed by atoms with van der Waals surface area (Å²) >= 11 is 6.25. The summed E-state index contributed by atoms with van der Waals surface area (Å²) in [6.45, 7) is 1.98. The van der Waals surface area contributed by atoms with Crippen LogP contribution in [0.2, 0.25) is 5.15 Å². The standard InChI is InChI=1S/C15H13ClN4O3/c1-3-23-15(21)9-8-17-12-7-11(19-20(12)14(9)16)10-5-4-6-13(18-10)22-2/h4-8H,3H2,1-2H3. The van der Waals surface area contributed by atoms with E-state index in [1.54, 1.807) is 32.2 Å². The van der Waals surface area contributed by atoms with Crippen molar-refractivity contribution in [3.05, 3.63) is 41.2 Å². The fourth-order valence-electron chi connectivity index (χ4n) is 2.05. The third-order valence-corrected chi connectivity index (χ3v) is 3.48. The maximum Gasteiger partial charge on any atom is 0.342 e. The number of fused-ring (bicyclic) bond motifs is 1. The van der Waals surface area contributed by atoms with Crippen LogP contribution in [0.4, 0.5) is 0 Å². The molecule has 0 saturated heterocycles. The van der Waals surface area contributed by atoms with E-state index in [1.165, 1.54) is 10.7 Å². The largest absolute Gasteiger partial charge is 0.481 e. The van der Waals surface area contributed by atoms with E-state index in [-0.39, 0.29) is 17.3 Å². The van der Waals surface area contributed by atoms with Crippen LogP contribution >= 0.6 is 11.6 Å². The Morgan fingerprint density at radius 1 is 1.35 bits per heavy atom. The number of esters is 1. The van der Waals surface area contributed by atoms with Gasteiger partial charge in [0.1, 0.15) is 16.4 Å². The lowest BCUT2D eigenvalue weighted by Gasteiger charge is -2.04. The van der Waals surface area contributed by atoms with Crippen molar-refractivity contribution in [3.8, 4) is 17.3 Å². The summed E-state index contributed by atoms with van der Waals surface area (Å²) in [5.41, 5.74) is 1.85. The molecule has 0 aromatic carbocycles. The first kappa shape index (κ1) is 15.2. The van der Waals surface area contributed by atoms with Gasteiger partial charge in [-0.1, -0.05) is 17.7 Å². The van der Waals surface area contributed by atoms with Gasteiger partial charge in [-0.3, -0.25) is 0 Å². The van der Waals surface area contributed by atoms with Crippen molar-refractivity contribution in [1.29, 1.82) is 0 Å². The molecule has 0 bridgehead atoms. The zero-order valence-corrected chi connectivity index (χ0v) is 13.2. The second-order valence-electron chi connectivity index (χ2n) is 4.55. The SMILES string of the molecule is CCOC(=O)c1cnc2cc(-c3cccc(OC)n3)nn2c1Cl. The highest BCUT2D eigenvalue weighted by atomic mass is 35.5. The molecule has 0 N–H and O–H groups in total. The number of rotatable bonds is 4. The van der Waals surface area contributed by atoms with E-state index in [0.29, 0.717) is 22.9 Å². The number of aromatic nitrogens is 4. The fraction of sp³-hybridized carbons (Fsp3) is 0.200. The number of nitrogens with zero attached hydrogens (tertiary/aromatic N) is 4. The molecule has 0 radical (unpaired) electrons. The van der Waals surface area contributed by atoms with Crippen molar-refractivity contribution < 1.29 is 14.3 Å². The minimum absolute atomic E-state index is 0.141. The summed E-state index contributed by atoms with van der Waals surface area (Å²) in [6.07, 6.45) is 1.38. The number of hydrogen-bond donors (Lipinski definition) is 0. The van der Waals surface area contributed by atoms with Crippen molar-refractivity contribution in [1.82, 2.24) is 19.6 Å². The van der Waals surface area contributed by atoms with Crippen molar-refractivity contribution in [2.45, 2.75) is 6.92 Å². The number of pyridine rings is 1. The van der Waals surface area contributed by atoms with Crippen molar-refractivity contribution >= 4 is 23.2 Å². The average molecular weight is 333 g/mol. The average Bonchev–Trinajstić information content (AvgIpc) is 3.00. The monoisotopic (exact) mass is 332 g/mol. The molecule has 0 fully saturated rings. The Kier molecular flexibility index (Phi) is 4.12. The zero-order valence-electron chi connectivity index (χ0n) is 12.5. The highest BCUT2D eigenvalue weighted by Crippen LogP contribution is 2.23. The number of carbonyl (C=O) groups excluding carboxylic acids is 1. The van der Waals surface area contributed by atoms with Crippen LogP contribution in [-0.4, -0.2) is 39.3 Å². The predicted molar refractivity (Wildman–Crippen MR) is 83.7 cm³/mol. The third kappa shape index (κ3) is 2.83. The van der Waals surface area contributed by atoms with Gasteiger partial charge in [-0.05, 0) is 13.0 Å². The summed E-state index contributed by atoms with van der Waals surface area (Å²) in [7, 11) is 1.54. The number of carbonyl (C=O) groups is 1. The van der Waals surface area contributed by atoms with E-state index >= 15 is 0 Å². The van der Waals surface area contributed by atoms with Gasteiger partial charge in [-0.15, -0.1) is 0 Å². The molecule has 3 aromatic heterocycles. The van der Waals surface area contributed by atoms with Gasteiger partial charge in [-0.25, -0.2) is 19.3 Å². The van der Waals surface area contributed by atoms with Crippen LogP contribution in [0.15, 0.2) is 30.5 Å². The van der Waals surface area contributed by atoms with E-state index in [2.05, 4.69) is 15.1 Å². The van der Waals surface area contributed by atoms with Crippen molar-refractivity contribution in [2.24, 2.45) is 0 Å². The molecule has 0 unspecified atom stereocenters. The van der Waals surface area contributed by atoms with Crippen LogP contribution in [0, 0.1) is 0 Å². The molecule has 7 nitrogen and oxygen atoms in total. The van der Waals surface area contributed by atoms with Crippen LogP contribution in [0.25, 0.3) is 17.0 Å². The van der Waals surface area contributed by atoms with Crippen molar-refractivity contribution in [2.75, 3.05) is 13.7 Å². The van der Waals surface area contributed by atoms with Crippen LogP contribution in [0.1, 0.15) is 17.3 Å². The van der Waals surface area contributed by atoms with E-state index in [4.69, 9.17) is 21.1 Å². The highest BCUT2D eigenvalue weighted by molar-refractivity contribution is 6.32. The Morgan fingerprint density at radius 2 is 2.17 bits per heavy atom. The number of hydrogen-bond acceptors (Lipinski definition) is 6. The van der Waals surface area contributed by atoms with Gasteiger partial charge < -0.3 is 9.47 Å². The maximum absolute atomic E-state index is 11.9. The number of ether oxygens (including phenoxy) is 2. The van der Waals surface area contributed by atoms with E-state index in [1.807, 2.05) is 6.07 Å². The first-order valence-corrected chi connectivity index (χ1v) is 7.24. The summed E-state index contributed by atoms with van der Waals surface area (Å²) < 4.78 is 11.4. The van der Waals surface area contributed by atoms with Crippen LogP contribution < -0.4 is 4.74 Å². The molecule has 0 aliphatic heterocycles. The Hall–Kier alpha value is -2.67. The molecule has 118 valence electrons. The molecule has 23 heavy (non-hydrogen) atoms. The molecule has 3 aromatic rings. The molecule has 0 saturated carbocycles. The van der Waals surface area contributed by atoms with E-state index < -0.39 is 5.97 Å². The molecule has 8 heteroatoms. The molecule has 0 aliphatic rings. The van der Waals surface area contributed by atoms with Gasteiger partial charge in [0, 0.05) is 18.3 Å². The number of halogens is 1.